The molecule has 0 bridgehead atoms. The van der Waals surface area contributed by atoms with Gasteiger partial charge in [-0.15, -0.1) is 0 Å². The lowest BCUT2D eigenvalue weighted by Gasteiger charge is -2.17. The van der Waals surface area contributed by atoms with E-state index in [0.717, 1.165) is 11.1 Å². The SMILES string of the molecule is COc1cccc(CCC(=O)OCC(=O)N(C)Cc2ccccc2)c1OC. The van der Waals surface area contributed by atoms with Gasteiger partial charge in [-0.25, -0.2) is 0 Å². The summed E-state index contributed by atoms with van der Waals surface area (Å²) in [6.45, 7) is 0.204. The van der Waals surface area contributed by atoms with E-state index >= 15 is 0 Å². The molecule has 0 aliphatic carbocycles. The first-order chi connectivity index (χ1) is 13.0. The first kappa shape index (κ1) is 20.3. The van der Waals surface area contributed by atoms with Crippen LogP contribution in [0.3, 0.4) is 0 Å². The topological polar surface area (TPSA) is 65.1 Å². The summed E-state index contributed by atoms with van der Waals surface area (Å²) in [4.78, 5) is 25.6. The Bertz CT molecular complexity index is 760. The van der Waals surface area contributed by atoms with E-state index in [2.05, 4.69) is 0 Å². The van der Waals surface area contributed by atoms with Crippen LogP contribution in [0.25, 0.3) is 0 Å². The molecule has 0 saturated carbocycles. The van der Waals surface area contributed by atoms with Crippen LogP contribution in [-0.4, -0.2) is 44.7 Å². The molecule has 0 aromatic heterocycles. The number of para-hydroxylation sites is 1. The fraction of sp³-hybridized carbons (Fsp3) is 0.333. The van der Waals surface area contributed by atoms with Crippen molar-refractivity contribution in [2.75, 3.05) is 27.9 Å². The van der Waals surface area contributed by atoms with Gasteiger partial charge in [0.1, 0.15) is 0 Å². The second-order valence-electron chi connectivity index (χ2n) is 6.05. The van der Waals surface area contributed by atoms with Gasteiger partial charge in [-0.2, -0.15) is 0 Å². The Hall–Kier alpha value is -3.02. The van der Waals surface area contributed by atoms with Crippen LogP contribution in [0.15, 0.2) is 48.5 Å². The smallest absolute Gasteiger partial charge is 0.306 e. The Morgan fingerprint density at radius 3 is 2.37 bits per heavy atom. The molecule has 6 heteroatoms. The highest BCUT2D eigenvalue weighted by Crippen LogP contribution is 2.31. The van der Waals surface area contributed by atoms with Crippen molar-refractivity contribution in [3.8, 4) is 11.5 Å². The summed E-state index contributed by atoms with van der Waals surface area (Å²) >= 11 is 0. The minimum atomic E-state index is -0.429. The summed E-state index contributed by atoms with van der Waals surface area (Å²) in [5, 5.41) is 0. The van der Waals surface area contributed by atoms with Crippen molar-refractivity contribution in [3.05, 3.63) is 59.7 Å². The van der Waals surface area contributed by atoms with Crippen LogP contribution in [0, 0.1) is 0 Å². The Morgan fingerprint density at radius 1 is 0.963 bits per heavy atom. The molecule has 27 heavy (non-hydrogen) atoms. The van der Waals surface area contributed by atoms with Gasteiger partial charge in [0.15, 0.2) is 18.1 Å². The molecule has 2 aromatic carbocycles. The first-order valence-electron chi connectivity index (χ1n) is 8.68. The number of nitrogens with zero attached hydrogens (tertiary/aromatic N) is 1. The molecule has 0 aliphatic rings. The molecule has 0 aliphatic heterocycles. The van der Waals surface area contributed by atoms with Crippen LogP contribution in [0.2, 0.25) is 0 Å². The Morgan fingerprint density at radius 2 is 1.70 bits per heavy atom. The van der Waals surface area contributed by atoms with Gasteiger partial charge in [-0.3, -0.25) is 9.59 Å². The van der Waals surface area contributed by atoms with Gasteiger partial charge in [0.2, 0.25) is 0 Å². The van der Waals surface area contributed by atoms with E-state index in [-0.39, 0.29) is 18.9 Å². The normalized spacial score (nSPS) is 10.2. The highest BCUT2D eigenvalue weighted by molar-refractivity contribution is 5.80. The number of aryl methyl sites for hydroxylation is 1. The standard InChI is InChI=1S/C21H25NO5/c1-22(14-16-8-5-4-6-9-16)19(23)15-27-20(24)13-12-17-10-7-11-18(25-2)21(17)26-3/h4-11H,12-15H2,1-3H3. The number of likely N-dealkylation sites (N-methyl/N-ethyl adjacent to an activating group) is 1. The lowest BCUT2D eigenvalue weighted by atomic mass is 10.1. The highest BCUT2D eigenvalue weighted by Gasteiger charge is 2.14. The summed E-state index contributed by atoms with van der Waals surface area (Å²) in [7, 11) is 4.80. The van der Waals surface area contributed by atoms with Crippen molar-refractivity contribution in [1.82, 2.24) is 4.90 Å². The maximum absolute atomic E-state index is 12.1. The molecule has 1 amide bonds. The fourth-order valence-electron chi connectivity index (χ4n) is 2.66. The minimum Gasteiger partial charge on any atom is -0.493 e. The summed E-state index contributed by atoms with van der Waals surface area (Å²) in [6.07, 6.45) is 0.590. The number of carbonyl (C=O) groups is 2. The van der Waals surface area contributed by atoms with Crippen molar-refractivity contribution in [2.45, 2.75) is 19.4 Å². The lowest BCUT2D eigenvalue weighted by molar-refractivity contribution is -0.151. The number of hydrogen-bond donors (Lipinski definition) is 0. The van der Waals surface area contributed by atoms with E-state index in [9.17, 15) is 9.59 Å². The van der Waals surface area contributed by atoms with E-state index in [4.69, 9.17) is 14.2 Å². The predicted octanol–water partition coefficient (Wildman–Crippen LogP) is 2.84. The quantitative estimate of drug-likeness (QED) is 0.634. The Labute approximate surface area is 159 Å². The van der Waals surface area contributed by atoms with Gasteiger partial charge in [0.05, 0.1) is 14.2 Å². The van der Waals surface area contributed by atoms with Gasteiger partial charge >= 0.3 is 5.97 Å². The van der Waals surface area contributed by atoms with Gasteiger partial charge in [-0.1, -0.05) is 42.5 Å². The van der Waals surface area contributed by atoms with Crippen LogP contribution < -0.4 is 9.47 Å². The van der Waals surface area contributed by atoms with Crippen LogP contribution in [-0.2, 0) is 27.3 Å². The molecule has 144 valence electrons. The number of ether oxygens (including phenoxy) is 3. The molecule has 0 N–H and O–H groups in total. The molecule has 0 atom stereocenters. The zero-order valence-corrected chi connectivity index (χ0v) is 15.9. The number of esters is 1. The van der Waals surface area contributed by atoms with Gasteiger partial charge in [0, 0.05) is 20.0 Å². The monoisotopic (exact) mass is 371 g/mol. The lowest BCUT2D eigenvalue weighted by Crippen LogP contribution is -2.30. The molecule has 0 radical (unpaired) electrons. The number of hydrogen-bond acceptors (Lipinski definition) is 5. The molecule has 0 saturated heterocycles. The second-order valence-corrected chi connectivity index (χ2v) is 6.05. The predicted molar refractivity (Wildman–Crippen MR) is 102 cm³/mol. The zero-order valence-electron chi connectivity index (χ0n) is 15.9. The van der Waals surface area contributed by atoms with E-state index in [0.29, 0.717) is 24.5 Å². The van der Waals surface area contributed by atoms with Crippen LogP contribution in [0.1, 0.15) is 17.5 Å². The molecule has 2 aromatic rings. The molecular formula is C21H25NO5. The molecule has 0 unspecified atom stereocenters. The molecule has 0 fully saturated rings. The first-order valence-corrected chi connectivity index (χ1v) is 8.68. The maximum Gasteiger partial charge on any atom is 0.306 e. The van der Waals surface area contributed by atoms with E-state index in [1.165, 1.54) is 4.90 Å². The third kappa shape index (κ3) is 6.02. The number of amides is 1. The van der Waals surface area contributed by atoms with Crippen molar-refractivity contribution in [1.29, 1.82) is 0 Å². The molecule has 0 spiro atoms. The van der Waals surface area contributed by atoms with Crippen molar-refractivity contribution in [3.63, 3.8) is 0 Å². The van der Waals surface area contributed by atoms with E-state index in [1.54, 1.807) is 27.3 Å². The maximum atomic E-state index is 12.1. The minimum absolute atomic E-state index is 0.152. The van der Waals surface area contributed by atoms with Gasteiger partial charge in [0.25, 0.3) is 5.91 Å². The summed E-state index contributed by atoms with van der Waals surface area (Å²) in [5.41, 5.74) is 1.87. The molecule has 2 rings (SSSR count). The summed E-state index contributed by atoms with van der Waals surface area (Å²) in [6, 6.07) is 15.1. The van der Waals surface area contributed by atoms with E-state index < -0.39 is 5.97 Å². The van der Waals surface area contributed by atoms with Crippen LogP contribution in [0.4, 0.5) is 0 Å². The van der Waals surface area contributed by atoms with Crippen LogP contribution in [0.5, 0.6) is 11.5 Å². The van der Waals surface area contributed by atoms with Crippen molar-refractivity contribution < 1.29 is 23.8 Å². The molecule has 0 heterocycles. The fourth-order valence-corrected chi connectivity index (χ4v) is 2.66. The Kier molecular flexibility index (Phi) is 7.67. The number of methoxy groups -OCH3 is 2. The third-order valence-corrected chi connectivity index (χ3v) is 4.13. The average Bonchev–Trinajstić information content (AvgIpc) is 2.70. The zero-order chi connectivity index (χ0) is 19.6. The number of rotatable bonds is 9. The number of carbonyl (C=O) groups excluding carboxylic acids is 2. The summed E-state index contributed by atoms with van der Waals surface area (Å²) in [5.74, 6) is 0.542. The molecule has 6 nitrogen and oxygen atoms in total. The largest absolute Gasteiger partial charge is 0.493 e. The van der Waals surface area contributed by atoms with Gasteiger partial charge in [-0.05, 0) is 23.6 Å². The van der Waals surface area contributed by atoms with Crippen molar-refractivity contribution >= 4 is 11.9 Å². The average molecular weight is 371 g/mol. The van der Waals surface area contributed by atoms with Gasteiger partial charge < -0.3 is 19.1 Å². The van der Waals surface area contributed by atoms with Crippen molar-refractivity contribution in [2.24, 2.45) is 0 Å². The molecular weight excluding hydrogens is 346 g/mol. The second kappa shape index (κ2) is 10.2. The number of benzene rings is 2. The highest BCUT2D eigenvalue weighted by atomic mass is 16.5. The van der Waals surface area contributed by atoms with Crippen LogP contribution >= 0.6 is 0 Å². The Balaban J connectivity index is 1.80. The third-order valence-electron chi connectivity index (χ3n) is 4.13. The van der Waals surface area contributed by atoms with E-state index in [1.807, 2.05) is 42.5 Å². The summed E-state index contributed by atoms with van der Waals surface area (Å²) < 4.78 is 15.7.